The normalized spacial score (nSPS) is 10.3. The van der Waals surface area contributed by atoms with Gasteiger partial charge < -0.3 is 0 Å². The van der Waals surface area contributed by atoms with E-state index in [1.165, 1.54) is 32.3 Å². The topological polar surface area (TPSA) is 0 Å². The van der Waals surface area contributed by atoms with Crippen molar-refractivity contribution in [2.24, 2.45) is 0 Å². The molecule has 0 spiro atoms. The van der Waals surface area contributed by atoms with Crippen molar-refractivity contribution in [2.75, 3.05) is 40.0 Å². The second-order valence-corrected chi connectivity index (χ2v) is 15.2. The minimum atomic E-state index is 0. The van der Waals surface area contributed by atoms with Crippen LogP contribution in [0.1, 0.15) is 0 Å². The number of hydrogen-bond acceptors (Lipinski definition) is 0. The first-order valence-corrected chi connectivity index (χ1v) is 17.0. The Morgan fingerprint density at radius 1 is 0.667 bits per heavy atom. The van der Waals surface area contributed by atoms with Crippen molar-refractivity contribution in [1.29, 1.82) is 0 Å². The van der Waals surface area contributed by atoms with Crippen LogP contribution in [0.25, 0.3) is 43.1 Å². The largest absolute Gasteiger partial charge is 0.116 e. The quantitative estimate of drug-likeness (QED) is 0.0860. The molecule has 5 heteroatoms. The molecule has 0 saturated heterocycles. The second kappa shape index (κ2) is 14.2. The summed E-state index contributed by atoms with van der Waals surface area (Å²) in [5.74, 6) is 0. The third kappa shape index (κ3) is 8.36. The SMILES string of the molecule is Br.Brc1c2cc3ccccc3cc2[c]c2cc3ccccc3cc12.CP(C)C.C[PH+](C)C.[Pd]. The van der Waals surface area contributed by atoms with Gasteiger partial charge in [0.15, 0.2) is 0 Å². The molecule has 0 heterocycles. The summed E-state index contributed by atoms with van der Waals surface area (Å²) in [6.07, 6.45) is 0. The summed E-state index contributed by atoms with van der Waals surface area (Å²) >= 11 is 3.83. The van der Waals surface area contributed by atoms with Gasteiger partial charge in [-0.05, 0) is 117 Å². The summed E-state index contributed by atoms with van der Waals surface area (Å²) in [5.41, 5.74) is 0. The van der Waals surface area contributed by atoms with Crippen LogP contribution in [0.3, 0.4) is 0 Å². The van der Waals surface area contributed by atoms with E-state index in [4.69, 9.17) is 0 Å². The van der Waals surface area contributed by atoms with Gasteiger partial charge in [0.2, 0.25) is 0 Å². The number of fused-ring (bicyclic) bond motifs is 4. The summed E-state index contributed by atoms with van der Waals surface area (Å²) in [6, 6.07) is 29.5. The van der Waals surface area contributed by atoms with Crippen LogP contribution in [-0.2, 0) is 20.4 Å². The van der Waals surface area contributed by atoms with Gasteiger partial charge in [0, 0.05) is 44.9 Å². The number of rotatable bonds is 0. The van der Waals surface area contributed by atoms with Crippen molar-refractivity contribution in [2.45, 2.75) is 0 Å². The Labute approximate surface area is 234 Å². The zero-order valence-corrected chi connectivity index (χ0v) is 26.7. The average Bonchev–Trinajstić information content (AvgIpc) is 2.71. The first-order valence-electron chi connectivity index (χ1n) is 10.5. The molecule has 0 fully saturated rings. The second-order valence-electron chi connectivity index (χ2n) is 8.77. The molecule has 0 bridgehead atoms. The molecule has 177 valence electrons. The predicted octanol–water partition coefficient (Wildman–Crippen LogP) is 9.89. The van der Waals surface area contributed by atoms with Crippen LogP contribution >= 0.6 is 48.8 Å². The fourth-order valence-corrected chi connectivity index (χ4v) is 4.00. The van der Waals surface area contributed by atoms with Crippen molar-refractivity contribution in [3.63, 3.8) is 0 Å². The molecule has 0 saturated carbocycles. The molecule has 0 amide bonds. The van der Waals surface area contributed by atoms with E-state index < -0.39 is 0 Å². The van der Waals surface area contributed by atoms with Crippen LogP contribution in [0.15, 0.2) is 77.3 Å². The maximum atomic E-state index is 3.83. The average molecular weight is 697 g/mol. The number of halogens is 2. The molecule has 0 aliphatic heterocycles. The van der Waals surface area contributed by atoms with Gasteiger partial charge in [-0.3, -0.25) is 0 Å². The van der Waals surface area contributed by atoms with E-state index in [1.807, 2.05) is 0 Å². The third-order valence-corrected chi connectivity index (χ3v) is 5.37. The zero-order chi connectivity index (χ0) is 22.5. The molecule has 5 aromatic carbocycles. The van der Waals surface area contributed by atoms with E-state index in [0.717, 1.165) is 15.2 Å². The number of benzene rings is 5. The van der Waals surface area contributed by atoms with Crippen molar-refractivity contribution in [3.8, 4) is 0 Å². The van der Waals surface area contributed by atoms with Crippen molar-refractivity contribution < 1.29 is 20.4 Å². The molecule has 0 aliphatic carbocycles. The maximum absolute atomic E-state index is 3.83. The molecule has 0 unspecified atom stereocenters. The minimum absolute atomic E-state index is 0. The van der Waals surface area contributed by atoms with Crippen LogP contribution in [0.5, 0.6) is 0 Å². The summed E-state index contributed by atoms with van der Waals surface area (Å²) in [6.45, 7) is 13.5. The van der Waals surface area contributed by atoms with Crippen molar-refractivity contribution >= 4 is 91.8 Å². The molecule has 0 aliphatic rings. The van der Waals surface area contributed by atoms with Gasteiger partial charge in [0.05, 0.1) is 0 Å². The molecule has 5 aromatic rings. The van der Waals surface area contributed by atoms with E-state index in [0.29, 0.717) is 7.92 Å². The molecular formula is C28H32Br2P2Pd+. The Kier molecular flexibility index (Phi) is 13.2. The van der Waals surface area contributed by atoms with E-state index >= 15 is 0 Å². The first kappa shape index (κ1) is 30.7. The van der Waals surface area contributed by atoms with Crippen molar-refractivity contribution in [3.05, 3.63) is 83.3 Å². The maximum Gasteiger partial charge on any atom is 0.0461 e. The third-order valence-electron chi connectivity index (χ3n) is 4.51. The van der Waals surface area contributed by atoms with E-state index in [2.05, 4.69) is 135 Å². The zero-order valence-electron chi connectivity index (χ0n) is 20.0. The number of hydrogen-bond donors (Lipinski definition) is 0. The summed E-state index contributed by atoms with van der Waals surface area (Å²) in [4.78, 5) is 0. The Bertz CT molecular complexity index is 1230. The van der Waals surface area contributed by atoms with Gasteiger partial charge >= 0.3 is 0 Å². The molecule has 1 radical (unpaired) electrons. The van der Waals surface area contributed by atoms with Gasteiger partial charge in [0.1, 0.15) is 0 Å². The Morgan fingerprint density at radius 3 is 1.24 bits per heavy atom. The van der Waals surface area contributed by atoms with E-state index in [1.54, 1.807) is 0 Å². The van der Waals surface area contributed by atoms with Gasteiger partial charge in [-0.15, -0.1) is 24.9 Å². The molecular weight excluding hydrogens is 664 g/mol. The summed E-state index contributed by atoms with van der Waals surface area (Å²) in [5, 5.41) is 9.75. The Balaban J connectivity index is 0.000000480. The molecule has 0 atom stereocenters. The van der Waals surface area contributed by atoms with Gasteiger partial charge in [-0.1, -0.05) is 48.5 Å². The van der Waals surface area contributed by atoms with Crippen LogP contribution in [-0.4, -0.2) is 40.0 Å². The van der Waals surface area contributed by atoms with Crippen molar-refractivity contribution in [1.82, 2.24) is 0 Å². The fourth-order valence-electron chi connectivity index (χ4n) is 3.34. The van der Waals surface area contributed by atoms with Crippen LogP contribution < -0.4 is 0 Å². The van der Waals surface area contributed by atoms with E-state index in [9.17, 15) is 0 Å². The van der Waals surface area contributed by atoms with Crippen LogP contribution in [0, 0.1) is 6.07 Å². The first-order chi connectivity index (χ1) is 14.8. The minimum Gasteiger partial charge on any atom is -0.116 e. The Morgan fingerprint density at radius 2 is 0.939 bits per heavy atom. The monoisotopic (exact) mass is 694 g/mol. The molecule has 0 N–H and O–H groups in total. The molecule has 33 heavy (non-hydrogen) atoms. The van der Waals surface area contributed by atoms with Crippen LogP contribution in [0.4, 0.5) is 0 Å². The predicted molar refractivity (Wildman–Crippen MR) is 164 cm³/mol. The summed E-state index contributed by atoms with van der Waals surface area (Å²) < 4.78 is 1.15. The van der Waals surface area contributed by atoms with Gasteiger partial charge in [0.25, 0.3) is 0 Å². The smallest absolute Gasteiger partial charge is 0.0461 e. The van der Waals surface area contributed by atoms with Gasteiger partial charge in [-0.2, -0.15) is 0 Å². The fraction of sp³-hybridized carbons (Fsp3) is 0.214. The van der Waals surface area contributed by atoms with Gasteiger partial charge in [-0.25, -0.2) is 0 Å². The van der Waals surface area contributed by atoms with E-state index in [-0.39, 0.29) is 45.3 Å². The standard InChI is InChI=1S/C22H12Br.2C3H9P.BrH.Pd/c23-22-20-12-16-7-3-1-5-14(16)9-18(20)11-19-10-15-6-2-4-8-17(15)13-21(19)22;2*1-4(2)3;;/h1-10,12-13H;2*1-3H3;1H;/p+1. The molecule has 5 rings (SSSR count). The molecule has 0 aromatic heterocycles. The summed E-state index contributed by atoms with van der Waals surface area (Å²) in [7, 11) is 0.500. The Hall–Kier alpha value is -0.378. The molecule has 0 nitrogen and oxygen atoms in total. The van der Waals surface area contributed by atoms with Crippen LogP contribution in [0.2, 0.25) is 0 Å².